The molecule has 0 aliphatic carbocycles. The fraction of sp³-hybridized carbons (Fsp3) is 0.121. The van der Waals surface area contributed by atoms with E-state index in [4.69, 9.17) is 14.8 Å². The molecule has 5 aromatic carbocycles. The molecule has 0 aliphatic heterocycles. The van der Waals surface area contributed by atoms with Gasteiger partial charge >= 0.3 is 20.8 Å². The molecule has 0 unspecified atom stereocenters. The minimum Gasteiger partial charge on any atom is -0.397 e. The van der Waals surface area contributed by atoms with E-state index >= 15 is 0 Å². The predicted octanol–water partition coefficient (Wildman–Crippen LogP) is 4.18. The third-order valence-corrected chi connectivity index (χ3v) is 14.3. The average Bonchev–Trinajstić information content (AvgIpc) is 3.18. The number of fused-ring (bicyclic) bond motifs is 1. The zero-order valence-electron chi connectivity index (χ0n) is 31.7. The molecule has 7 N–H and O–H groups in total. The summed E-state index contributed by atoms with van der Waals surface area (Å²) in [6.07, 6.45) is 0. The van der Waals surface area contributed by atoms with Gasteiger partial charge in [0.15, 0.2) is 19.7 Å². The van der Waals surface area contributed by atoms with Crippen molar-refractivity contribution in [2.45, 2.75) is 19.6 Å². The molecule has 0 saturated carbocycles. The second-order valence-electron chi connectivity index (χ2n) is 12.7. The summed E-state index contributed by atoms with van der Waals surface area (Å²) in [5, 5.41) is 18.3. The van der Waals surface area contributed by atoms with E-state index in [0.717, 1.165) is 30.3 Å². The van der Waals surface area contributed by atoms with Gasteiger partial charge in [-0.1, -0.05) is 6.07 Å². The van der Waals surface area contributed by atoms with Crippen LogP contribution in [-0.4, -0.2) is 99.3 Å². The van der Waals surface area contributed by atoms with Crippen LogP contribution in [0.1, 0.15) is 10.4 Å². The number of nitrogens with zero attached hydrogens (tertiary/aromatic N) is 4. The van der Waals surface area contributed by atoms with Gasteiger partial charge in [-0.15, -0.1) is 15.3 Å². The van der Waals surface area contributed by atoms with Crippen LogP contribution in [0.5, 0.6) is 0 Å². The number of nitrogen functional groups attached to an aromatic ring is 1. The lowest BCUT2D eigenvalue weighted by Gasteiger charge is -2.10. The van der Waals surface area contributed by atoms with Gasteiger partial charge in [-0.25, -0.2) is 25.2 Å². The Balaban J connectivity index is 1.37. The van der Waals surface area contributed by atoms with Gasteiger partial charge in [-0.05, 0) is 90.3 Å². The molecule has 342 valence electrons. The van der Waals surface area contributed by atoms with Crippen LogP contribution >= 0.6 is 0 Å². The SMILES string of the molecule is Nc1ccc2cc(N=Nc3ccc(C(=O)Nc4ccc(S(=O)(=O)CCOS(=O)(=O)O)cc4)cc3)c(S(=O)(=O)O)cc2c1N=Nc1ccc(S(=O)(=O)CCOS(=O)(=O)O)cc1S(=O)(=O)O. The van der Waals surface area contributed by atoms with E-state index in [9.17, 15) is 64.4 Å². The lowest BCUT2D eigenvalue weighted by Crippen LogP contribution is -2.16. The van der Waals surface area contributed by atoms with Crippen LogP contribution in [0.2, 0.25) is 0 Å². The van der Waals surface area contributed by atoms with Crippen LogP contribution in [0, 0.1) is 0 Å². The first-order valence-corrected chi connectivity index (χ1v) is 25.9. The van der Waals surface area contributed by atoms with Crippen LogP contribution < -0.4 is 11.1 Å². The maximum atomic E-state index is 12.9. The molecule has 0 aliphatic rings. The summed E-state index contributed by atoms with van der Waals surface area (Å²) in [4.78, 5) is 10.0. The van der Waals surface area contributed by atoms with Crippen molar-refractivity contribution in [3.05, 3.63) is 96.6 Å². The Morgan fingerprint density at radius 2 is 1.08 bits per heavy atom. The Hall–Kier alpha value is -5.71. The standard InChI is InChI=1S/C33H30N6O19S6/c34-27-11-3-21-17-29(38-36-23-4-1-20(2-5-23)33(40)35-22-6-8-24(9-7-22)59(41,42)15-13-57-63(51,52)53)31(62(48,49)50)19-26(21)32(27)39-37-28-12-10-25(18-30(28)61(45,46)47)60(43,44)16-14-58-64(54,55)56/h1-12,17-19H,13-16,34H2,(H,35,40)(H,45,46,47)(H,48,49,50)(H,51,52,53)(H,54,55,56). The molecule has 31 heteroatoms. The number of benzene rings is 5. The zero-order valence-corrected chi connectivity index (χ0v) is 36.6. The Kier molecular flexibility index (Phi) is 14.5. The van der Waals surface area contributed by atoms with Gasteiger partial charge in [0.1, 0.15) is 26.9 Å². The first-order chi connectivity index (χ1) is 29.5. The maximum absolute atomic E-state index is 12.9. The normalized spacial score (nSPS) is 13.2. The van der Waals surface area contributed by atoms with Gasteiger partial charge in [0.25, 0.3) is 26.1 Å². The summed E-state index contributed by atoms with van der Waals surface area (Å²) in [6, 6.07) is 17.1. The van der Waals surface area contributed by atoms with E-state index < -0.39 is 117 Å². The highest BCUT2D eigenvalue weighted by Crippen LogP contribution is 2.40. The van der Waals surface area contributed by atoms with E-state index in [2.05, 4.69) is 34.1 Å². The first kappa shape index (κ1) is 49.3. The van der Waals surface area contributed by atoms with E-state index in [1.807, 2.05) is 0 Å². The van der Waals surface area contributed by atoms with E-state index in [1.54, 1.807) is 0 Å². The summed E-state index contributed by atoms with van der Waals surface area (Å²) in [6.45, 7) is -1.87. The lowest BCUT2D eigenvalue weighted by atomic mass is 10.1. The fourth-order valence-corrected chi connectivity index (χ4v) is 9.65. The lowest BCUT2D eigenvalue weighted by molar-refractivity contribution is 0.102. The van der Waals surface area contributed by atoms with Crippen molar-refractivity contribution in [1.82, 2.24) is 0 Å². The summed E-state index contributed by atoms with van der Waals surface area (Å²) in [5.41, 5.74) is 4.98. The number of rotatable bonds is 18. The monoisotopic (exact) mass is 1010 g/mol. The van der Waals surface area contributed by atoms with Crippen molar-refractivity contribution in [1.29, 1.82) is 0 Å². The van der Waals surface area contributed by atoms with Crippen molar-refractivity contribution in [2.24, 2.45) is 20.5 Å². The molecule has 0 bridgehead atoms. The predicted molar refractivity (Wildman–Crippen MR) is 223 cm³/mol. The summed E-state index contributed by atoms with van der Waals surface area (Å²) < 4.78 is 188. The van der Waals surface area contributed by atoms with Gasteiger partial charge in [0.2, 0.25) is 0 Å². The van der Waals surface area contributed by atoms with Crippen molar-refractivity contribution >= 4 is 112 Å². The van der Waals surface area contributed by atoms with E-state index in [-0.39, 0.29) is 44.0 Å². The molecule has 25 nitrogen and oxygen atoms in total. The van der Waals surface area contributed by atoms with Crippen LogP contribution in [-0.2, 0) is 69.1 Å². The highest BCUT2D eigenvalue weighted by molar-refractivity contribution is 7.92. The van der Waals surface area contributed by atoms with E-state index in [0.29, 0.717) is 6.07 Å². The molecule has 0 radical (unpaired) electrons. The molecule has 64 heavy (non-hydrogen) atoms. The third kappa shape index (κ3) is 13.2. The zero-order chi connectivity index (χ0) is 47.5. The number of carbonyl (C=O) groups excluding carboxylic acids is 1. The van der Waals surface area contributed by atoms with Crippen molar-refractivity contribution in [3.8, 4) is 0 Å². The van der Waals surface area contributed by atoms with Crippen LogP contribution in [0.3, 0.4) is 0 Å². The number of sulfone groups is 2. The second kappa shape index (κ2) is 18.8. The quantitative estimate of drug-likeness (QED) is 0.0407. The molecule has 0 fully saturated rings. The molecule has 0 heterocycles. The van der Waals surface area contributed by atoms with Gasteiger partial charge < -0.3 is 11.1 Å². The van der Waals surface area contributed by atoms with Crippen LogP contribution in [0.25, 0.3) is 10.8 Å². The number of carbonyl (C=O) groups is 1. The van der Waals surface area contributed by atoms with Gasteiger partial charge in [-0.2, -0.15) is 38.8 Å². The van der Waals surface area contributed by atoms with Crippen molar-refractivity contribution in [3.63, 3.8) is 0 Å². The van der Waals surface area contributed by atoms with Crippen LogP contribution in [0.4, 0.5) is 34.1 Å². The number of hydrogen-bond acceptors (Lipinski definition) is 20. The fourth-order valence-electron chi connectivity index (χ4n) is 5.29. The number of anilines is 2. The van der Waals surface area contributed by atoms with Crippen LogP contribution in [0.15, 0.2) is 131 Å². The number of nitrogens with two attached hydrogens (primary N) is 1. The molecule has 0 aromatic heterocycles. The largest absolute Gasteiger partial charge is 0.397 e. The number of azo groups is 2. The minimum atomic E-state index is -5.22. The second-order valence-corrected chi connectivity index (χ2v) is 21.9. The topological polar surface area (TPSA) is 409 Å². The molecule has 1 amide bonds. The number of amides is 1. The molecular weight excluding hydrogens is 977 g/mol. The Morgan fingerprint density at radius 3 is 1.62 bits per heavy atom. The minimum absolute atomic E-state index is 0.0846. The molecule has 0 atom stereocenters. The highest BCUT2D eigenvalue weighted by Gasteiger charge is 2.24. The summed E-state index contributed by atoms with van der Waals surface area (Å²) in [5.74, 6) is -2.45. The first-order valence-electron chi connectivity index (χ1n) is 17.0. The average molecular weight is 1010 g/mol. The van der Waals surface area contributed by atoms with Gasteiger partial charge in [0.05, 0.1) is 45.9 Å². The molecule has 5 rings (SSSR count). The summed E-state index contributed by atoms with van der Waals surface area (Å²) in [7, 11) is -28.6. The molecule has 0 spiro atoms. The van der Waals surface area contributed by atoms with Crippen molar-refractivity contribution < 1.29 is 81.9 Å². The van der Waals surface area contributed by atoms with E-state index in [1.165, 1.54) is 54.6 Å². The molecule has 5 aromatic rings. The Morgan fingerprint density at radius 1 is 0.562 bits per heavy atom. The Bertz CT molecular complexity index is 3400. The molecular formula is C33H30N6O19S6. The number of nitrogens with one attached hydrogen (secondary N) is 1. The number of hydrogen-bond donors (Lipinski definition) is 6. The third-order valence-electron chi connectivity index (χ3n) is 8.25. The Labute approximate surface area is 363 Å². The smallest absolute Gasteiger partial charge is 0.397 e. The maximum Gasteiger partial charge on any atom is 0.397 e. The van der Waals surface area contributed by atoms with Crippen molar-refractivity contribution in [2.75, 3.05) is 35.8 Å². The molecule has 0 saturated heterocycles. The van der Waals surface area contributed by atoms with Gasteiger partial charge in [0, 0.05) is 16.6 Å². The highest BCUT2D eigenvalue weighted by atomic mass is 32.3. The van der Waals surface area contributed by atoms with Gasteiger partial charge in [-0.3, -0.25) is 23.0 Å². The summed E-state index contributed by atoms with van der Waals surface area (Å²) >= 11 is 0.